The van der Waals surface area contributed by atoms with Crippen LogP contribution >= 0.6 is 0 Å². The Kier molecular flexibility index (Phi) is 2.75. The molecule has 2 aliphatic heterocycles. The van der Waals surface area contributed by atoms with Crippen LogP contribution in [-0.2, 0) is 0 Å². The van der Waals surface area contributed by atoms with E-state index in [1.807, 2.05) is 27.9 Å². The van der Waals surface area contributed by atoms with Crippen LogP contribution in [0.25, 0.3) is 0 Å². The number of allylic oxidation sites excluding steroid dienone is 4. The highest BCUT2D eigenvalue weighted by Crippen LogP contribution is 2.88. The van der Waals surface area contributed by atoms with Gasteiger partial charge in [0, 0.05) is 29.0 Å². The molecule has 0 aromatic carbocycles. The minimum Gasteiger partial charge on any atom is -0.287 e. The maximum atomic E-state index is 3.18. The molecule has 0 aromatic rings. The molecule has 1 heteroatoms. The lowest BCUT2D eigenvalue weighted by atomic mass is 9.32. The van der Waals surface area contributed by atoms with Crippen LogP contribution in [-0.4, -0.2) is 23.0 Å². The van der Waals surface area contributed by atoms with Crippen LogP contribution in [0.4, 0.5) is 0 Å². The Morgan fingerprint density at radius 1 is 1.10 bits per heavy atom. The third-order valence-electron chi connectivity index (χ3n) is 14.1. The van der Waals surface area contributed by atoms with Crippen molar-refractivity contribution in [3.63, 3.8) is 0 Å². The first kappa shape index (κ1) is 17.6. The number of hydrogen-bond donors (Lipinski definition) is 0. The zero-order chi connectivity index (χ0) is 20.5. The van der Waals surface area contributed by atoms with Gasteiger partial charge in [0.1, 0.15) is 0 Å². The molecule has 164 valence electrons. The highest BCUT2D eigenvalue weighted by molar-refractivity contribution is 5.60. The molecule has 10 atom stereocenters. The summed E-state index contributed by atoms with van der Waals surface area (Å²) in [7, 11) is 0. The lowest BCUT2D eigenvalue weighted by molar-refractivity contribution is -0.206. The van der Waals surface area contributed by atoms with Gasteiger partial charge in [0.05, 0.1) is 0 Å². The predicted octanol–water partition coefficient (Wildman–Crippen LogP) is 6.81. The molecule has 0 aromatic heterocycles. The van der Waals surface area contributed by atoms with Crippen molar-refractivity contribution in [2.75, 3.05) is 6.54 Å². The monoisotopic (exact) mass is 413 g/mol. The van der Waals surface area contributed by atoms with E-state index in [-0.39, 0.29) is 0 Å². The van der Waals surface area contributed by atoms with Crippen LogP contribution in [0.3, 0.4) is 0 Å². The summed E-state index contributed by atoms with van der Waals surface area (Å²) in [6.45, 7) is 9.55. The number of fused-ring (bicyclic) bond motifs is 2. The lowest BCUT2D eigenvalue weighted by Crippen LogP contribution is -2.70. The Morgan fingerprint density at radius 3 is 2.90 bits per heavy atom. The molecule has 5 saturated carbocycles. The van der Waals surface area contributed by atoms with Gasteiger partial charge in [-0.1, -0.05) is 43.1 Å². The molecule has 1 nitrogen and oxygen atoms in total. The third-order valence-corrected chi connectivity index (χ3v) is 14.1. The van der Waals surface area contributed by atoms with E-state index >= 15 is 0 Å². The van der Waals surface area contributed by atoms with E-state index in [0.29, 0.717) is 21.8 Å². The number of rotatable bonds is 0. The van der Waals surface area contributed by atoms with Crippen molar-refractivity contribution in [1.82, 2.24) is 4.90 Å². The molecule has 2 spiro atoms. The molecule has 0 amide bonds. The molecule has 0 N–H and O–H groups in total. The summed E-state index contributed by atoms with van der Waals surface area (Å²) in [5.74, 6) is 3.70. The maximum Gasteiger partial charge on any atom is 0.0425 e. The zero-order valence-electron chi connectivity index (χ0n) is 19.9. The van der Waals surface area contributed by atoms with E-state index in [1.54, 1.807) is 0 Å². The predicted molar refractivity (Wildman–Crippen MR) is 124 cm³/mol. The molecule has 9 rings (SSSR count). The van der Waals surface area contributed by atoms with Crippen molar-refractivity contribution in [3.05, 3.63) is 33.9 Å². The van der Waals surface area contributed by atoms with Crippen LogP contribution in [0.2, 0.25) is 0 Å². The molecule has 1 saturated heterocycles. The normalized spacial score (nSPS) is 61.6. The van der Waals surface area contributed by atoms with Gasteiger partial charge in [0.2, 0.25) is 0 Å². The summed E-state index contributed by atoms with van der Waals surface area (Å²) in [6.07, 6.45) is 19.0. The van der Waals surface area contributed by atoms with Crippen LogP contribution in [0.15, 0.2) is 33.9 Å². The molecule has 31 heavy (non-hydrogen) atoms. The van der Waals surface area contributed by atoms with Gasteiger partial charge < -0.3 is 0 Å². The summed E-state index contributed by atoms with van der Waals surface area (Å²) in [6, 6.07) is 0.779. The second-order valence-corrected chi connectivity index (χ2v) is 13.9. The standard InChI is InChI=1S/C30H39N/c1-17-10-12-29-18(2)13-21-7-9-23-22-8-6-19-14-20-5-4-11-28(20)16-31(28)26(25(19)22)30(21,15-24(17)29)27(23,29)3/h8,18,20-21,23,26H,4-7,9-16H2,1-3H3/t18-,20+,21+,23+,26-,27-,28-,29-,30-,31?/m1/s1. The van der Waals surface area contributed by atoms with Gasteiger partial charge in [-0.25, -0.2) is 0 Å². The van der Waals surface area contributed by atoms with Crippen molar-refractivity contribution in [1.29, 1.82) is 0 Å². The quantitative estimate of drug-likeness (QED) is 0.311. The lowest BCUT2D eigenvalue weighted by Gasteiger charge is -2.72. The van der Waals surface area contributed by atoms with E-state index < -0.39 is 0 Å². The van der Waals surface area contributed by atoms with E-state index in [0.717, 1.165) is 29.7 Å². The average Bonchev–Trinajstić information content (AvgIpc) is 2.97. The highest BCUT2D eigenvalue weighted by Gasteiger charge is 2.84. The van der Waals surface area contributed by atoms with Gasteiger partial charge in [-0.15, -0.1) is 0 Å². The summed E-state index contributed by atoms with van der Waals surface area (Å²) in [5.41, 5.74) is 11.8. The second-order valence-electron chi connectivity index (χ2n) is 13.9. The maximum absolute atomic E-state index is 3.18. The topological polar surface area (TPSA) is 3.01 Å². The molecule has 6 fully saturated rings. The Labute approximate surface area is 188 Å². The molecule has 0 radical (unpaired) electrons. The van der Waals surface area contributed by atoms with Gasteiger partial charge in [-0.3, -0.25) is 4.90 Å². The SMILES string of the molecule is CC1=C2C[C@@]34[C@H]5CC[C@@H](C6=CCC7=C6[C@H]3N3C[C@@]36CCC[C@H]6C7)[C@]4(C)[C@]2(CC1)[C@H](C)C5. The van der Waals surface area contributed by atoms with Crippen molar-refractivity contribution >= 4 is 0 Å². The molecular formula is C30H39N. The summed E-state index contributed by atoms with van der Waals surface area (Å²) in [4.78, 5) is 3.18. The van der Waals surface area contributed by atoms with E-state index in [9.17, 15) is 0 Å². The molecule has 2 heterocycles. The van der Waals surface area contributed by atoms with Gasteiger partial charge in [0.15, 0.2) is 0 Å². The molecule has 1 unspecified atom stereocenters. The second kappa shape index (κ2) is 4.84. The number of hydrogen-bond acceptors (Lipinski definition) is 1. The van der Waals surface area contributed by atoms with Crippen LogP contribution < -0.4 is 0 Å². The van der Waals surface area contributed by atoms with E-state index in [2.05, 4.69) is 31.7 Å². The van der Waals surface area contributed by atoms with Crippen LogP contribution in [0.1, 0.15) is 91.4 Å². The summed E-state index contributed by atoms with van der Waals surface area (Å²) >= 11 is 0. The minimum absolute atomic E-state index is 0.505. The van der Waals surface area contributed by atoms with Crippen molar-refractivity contribution < 1.29 is 0 Å². The Morgan fingerprint density at radius 2 is 2.00 bits per heavy atom. The van der Waals surface area contributed by atoms with E-state index in [1.165, 1.54) is 77.2 Å². The molecule has 9 aliphatic rings. The number of nitrogens with zero attached hydrogens (tertiary/aromatic N) is 1. The fourth-order valence-corrected chi connectivity index (χ4v) is 13.2. The first-order valence-corrected chi connectivity index (χ1v) is 13.9. The van der Waals surface area contributed by atoms with Crippen molar-refractivity contribution in [3.8, 4) is 0 Å². The smallest absolute Gasteiger partial charge is 0.0425 e. The van der Waals surface area contributed by atoms with Crippen LogP contribution in [0.5, 0.6) is 0 Å². The Bertz CT molecular complexity index is 1060. The largest absolute Gasteiger partial charge is 0.287 e. The molecule has 5 bridgehead atoms. The zero-order valence-corrected chi connectivity index (χ0v) is 19.9. The fourth-order valence-electron chi connectivity index (χ4n) is 13.2. The first-order valence-electron chi connectivity index (χ1n) is 13.9. The fraction of sp³-hybridized carbons (Fsp3) is 0.800. The molecular weight excluding hydrogens is 374 g/mol. The Hall–Kier alpha value is -0.820. The van der Waals surface area contributed by atoms with Gasteiger partial charge in [-0.2, -0.15) is 0 Å². The first-order chi connectivity index (χ1) is 15.0. The highest BCUT2D eigenvalue weighted by atomic mass is 15.4. The van der Waals surface area contributed by atoms with Crippen molar-refractivity contribution in [2.45, 2.75) is 103 Å². The van der Waals surface area contributed by atoms with Gasteiger partial charge in [-0.05, 0) is 111 Å². The Balaban J connectivity index is 1.38. The van der Waals surface area contributed by atoms with Gasteiger partial charge >= 0.3 is 0 Å². The summed E-state index contributed by atoms with van der Waals surface area (Å²) in [5, 5.41) is 0. The third kappa shape index (κ3) is 1.44. The minimum atomic E-state index is 0.505. The van der Waals surface area contributed by atoms with Gasteiger partial charge in [0.25, 0.3) is 0 Å². The van der Waals surface area contributed by atoms with Crippen molar-refractivity contribution in [2.24, 2.45) is 39.9 Å². The van der Waals surface area contributed by atoms with E-state index in [4.69, 9.17) is 0 Å². The molecule has 7 aliphatic carbocycles. The summed E-state index contributed by atoms with van der Waals surface area (Å²) < 4.78 is 0. The van der Waals surface area contributed by atoms with Crippen LogP contribution in [0, 0.1) is 39.9 Å². The average molecular weight is 414 g/mol.